The molecule has 0 atom stereocenters. The molecule has 7 heteroatoms. The number of anilines is 1. The number of rotatable bonds is 8. The number of furan rings is 1. The predicted molar refractivity (Wildman–Crippen MR) is 108 cm³/mol. The minimum Gasteiger partial charge on any atom is -0.461 e. The second kappa shape index (κ2) is 8.73. The number of hydrogen-bond acceptors (Lipinski definition) is 5. The highest BCUT2D eigenvalue weighted by Gasteiger charge is 2.21. The lowest BCUT2D eigenvalue weighted by molar-refractivity contribution is -0.116. The van der Waals surface area contributed by atoms with Crippen LogP contribution in [0.4, 0.5) is 5.69 Å². The van der Waals surface area contributed by atoms with E-state index in [1.54, 1.807) is 23.3 Å². The molecule has 0 bridgehead atoms. The summed E-state index contributed by atoms with van der Waals surface area (Å²) in [6.07, 6.45) is 3.37. The van der Waals surface area contributed by atoms with Gasteiger partial charge in [0.1, 0.15) is 0 Å². The van der Waals surface area contributed by atoms with Gasteiger partial charge in [-0.25, -0.2) is 0 Å². The Hall–Kier alpha value is -2.80. The van der Waals surface area contributed by atoms with Gasteiger partial charge in [-0.3, -0.25) is 9.36 Å². The van der Waals surface area contributed by atoms with Gasteiger partial charge in [0.15, 0.2) is 10.9 Å². The number of para-hydroxylation sites is 1. The van der Waals surface area contributed by atoms with Crippen molar-refractivity contribution in [3.05, 3.63) is 61.4 Å². The third-order valence-corrected chi connectivity index (χ3v) is 4.87. The summed E-state index contributed by atoms with van der Waals surface area (Å²) in [5.41, 5.74) is 0.891. The van der Waals surface area contributed by atoms with E-state index in [-0.39, 0.29) is 17.7 Å². The number of aromatic nitrogens is 3. The lowest BCUT2D eigenvalue weighted by Gasteiger charge is -2.26. The Balaban J connectivity index is 1.77. The molecule has 0 spiro atoms. The number of amides is 1. The number of allylic oxidation sites excluding steroid dienone is 1. The number of hydrogen-bond donors (Lipinski definition) is 0. The smallest absolute Gasteiger partial charge is 0.237 e. The molecule has 0 unspecified atom stereocenters. The Bertz CT molecular complexity index is 888. The van der Waals surface area contributed by atoms with E-state index in [1.165, 1.54) is 11.8 Å². The van der Waals surface area contributed by atoms with E-state index in [1.807, 2.05) is 54.8 Å². The molecule has 0 aliphatic carbocycles. The molecule has 0 N–H and O–H groups in total. The predicted octanol–water partition coefficient (Wildman–Crippen LogP) is 4.26. The average Bonchev–Trinajstić information content (AvgIpc) is 3.31. The first kappa shape index (κ1) is 19.0. The van der Waals surface area contributed by atoms with Gasteiger partial charge in [-0.05, 0) is 38.1 Å². The molecule has 0 saturated carbocycles. The van der Waals surface area contributed by atoms with Crippen LogP contribution < -0.4 is 4.90 Å². The van der Waals surface area contributed by atoms with E-state index in [0.717, 1.165) is 5.69 Å². The van der Waals surface area contributed by atoms with Crippen molar-refractivity contribution >= 4 is 23.4 Å². The summed E-state index contributed by atoms with van der Waals surface area (Å²) in [4.78, 5) is 14.7. The highest BCUT2D eigenvalue weighted by atomic mass is 32.2. The lowest BCUT2D eigenvalue weighted by atomic mass is 10.2. The van der Waals surface area contributed by atoms with Crippen LogP contribution in [-0.4, -0.2) is 32.5 Å². The summed E-state index contributed by atoms with van der Waals surface area (Å²) in [5.74, 6) is 1.55. The Morgan fingerprint density at radius 3 is 2.67 bits per heavy atom. The average molecular weight is 382 g/mol. The zero-order chi connectivity index (χ0) is 19.2. The maximum absolute atomic E-state index is 12.9. The van der Waals surface area contributed by atoms with Crippen LogP contribution in [0.3, 0.4) is 0 Å². The van der Waals surface area contributed by atoms with E-state index < -0.39 is 0 Å². The van der Waals surface area contributed by atoms with E-state index in [0.29, 0.717) is 23.3 Å². The zero-order valence-corrected chi connectivity index (χ0v) is 16.2. The van der Waals surface area contributed by atoms with Gasteiger partial charge in [-0.1, -0.05) is 36.0 Å². The first-order chi connectivity index (χ1) is 13.1. The molecular weight excluding hydrogens is 360 g/mol. The minimum atomic E-state index is 0.0221. The van der Waals surface area contributed by atoms with Crippen LogP contribution in [0, 0.1) is 0 Å². The van der Waals surface area contributed by atoms with Gasteiger partial charge < -0.3 is 9.32 Å². The summed E-state index contributed by atoms with van der Waals surface area (Å²) in [5, 5.41) is 9.11. The Morgan fingerprint density at radius 2 is 2.04 bits per heavy atom. The standard InChI is InChI=1S/C20H22N4O2S/c1-4-12-23-19(17-11-8-13-26-17)21-22-20(23)27-14-18(25)24(15(2)3)16-9-6-5-7-10-16/h4-11,13,15H,1,12,14H2,2-3H3. The fourth-order valence-corrected chi connectivity index (χ4v) is 3.60. The van der Waals surface area contributed by atoms with Crippen LogP contribution in [-0.2, 0) is 11.3 Å². The molecule has 3 rings (SSSR count). The van der Waals surface area contributed by atoms with Crippen LogP contribution in [0.5, 0.6) is 0 Å². The normalized spacial score (nSPS) is 10.9. The van der Waals surface area contributed by atoms with Crippen molar-refractivity contribution in [2.75, 3.05) is 10.7 Å². The molecule has 2 heterocycles. The Morgan fingerprint density at radius 1 is 1.26 bits per heavy atom. The molecule has 140 valence electrons. The van der Waals surface area contributed by atoms with Crippen molar-refractivity contribution < 1.29 is 9.21 Å². The van der Waals surface area contributed by atoms with E-state index in [2.05, 4.69) is 16.8 Å². The molecule has 27 heavy (non-hydrogen) atoms. The molecule has 1 amide bonds. The lowest BCUT2D eigenvalue weighted by Crippen LogP contribution is -2.38. The molecule has 6 nitrogen and oxygen atoms in total. The molecular formula is C20H22N4O2S. The molecule has 0 radical (unpaired) electrons. The van der Waals surface area contributed by atoms with Crippen molar-refractivity contribution in [2.24, 2.45) is 0 Å². The van der Waals surface area contributed by atoms with E-state index in [4.69, 9.17) is 4.42 Å². The fraction of sp³-hybridized carbons (Fsp3) is 0.250. The second-order valence-electron chi connectivity index (χ2n) is 6.16. The SMILES string of the molecule is C=CCn1c(SCC(=O)N(c2ccccc2)C(C)C)nnc1-c1ccco1. The number of nitrogens with zero attached hydrogens (tertiary/aromatic N) is 4. The van der Waals surface area contributed by atoms with Gasteiger partial charge in [0.05, 0.1) is 12.0 Å². The largest absolute Gasteiger partial charge is 0.461 e. The minimum absolute atomic E-state index is 0.0221. The maximum atomic E-state index is 12.9. The Kier molecular flexibility index (Phi) is 6.13. The fourth-order valence-electron chi connectivity index (χ4n) is 2.79. The van der Waals surface area contributed by atoms with E-state index in [9.17, 15) is 4.79 Å². The molecule has 0 saturated heterocycles. The van der Waals surface area contributed by atoms with E-state index >= 15 is 0 Å². The van der Waals surface area contributed by atoms with Gasteiger partial charge in [-0.2, -0.15) is 0 Å². The number of carbonyl (C=O) groups is 1. The highest BCUT2D eigenvalue weighted by Crippen LogP contribution is 2.26. The molecule has 2 aromatic heterocycles. The van der Waals surface area contributed by atoms with Crippen LogP contribution in [0.1, 0.15) is 13.8 Å². The summed E-state index contributed by atoms with van der Waals surface area (Å²) < 4.78 is 7.33. The first-order valence-electron chi connectivity index (χ1n) is 8.69. The number of benzene rings is 1. The third kappa shape index (κ3) is 4.31. The van der Waals surface area contributed by atoms with Gasteiger partial charge in [0.2, 0.25) is 11.7 Å². The Labute approximate surface area is 162 Å². The van der Waals surface area contributed by atoms with Crippen molar-refractivity contribution in [3.63, 3.8) is 0 Å². The summed E-state index contributed by atoms with van der Waals surface area (Å²) in [7, 11) is 0. The summed E-state index contributed by atoms with van der Waals surface area (Å²) in [6.45, 7) is 8.34. The van der Waals surface area contributed by atoms with Gasteiger partial charge >= 0.3 is 0 Å². The summed E-state index contributed by atoms with van der Waals surface area (Å²) >= 11 is 1.36. The topological polar surface area (TPSA) is 64.2 Å². The van der Waals surface area contributed by atoms with Gasteiger partial charge in [-0.15, -0.1) is 16.8 Å². The van der Waals surface area contributed by atoms with Gasteiger partial charge in [0, 0.05) is 18.3 Å². The molecule has 0 fully saturated rings. The maximum Gasteiger partial charge on any atom is 0.237 e. The molecule has 3 aromatic rings. The van der Waals surface area contributed by atoms with Crippen molar-refractivity contribution in [1.82, 2.24) is 14.8 Å². The van der Waals surface area contributed by atoms with Crippen molar-refractivity contribution in [2.45, 2.75) is 31.6 Å². The quantitative estimate of drug-likeness (QED) is 0.430. The first-order valence-corrected chi connectivity index (χ1v) is 9.68. The van der Waals surface area contributed by atoms with Crippen molar-refractivity contribution in [1.29, 1.82) is 0 Å². The molecule has 1 aromatic carbocycles. The third-order valence-electron chi connectivity index (χ3n) is 3.91. The monoisotopic (exact) mass is 382 g/mol. The van der Waals surface area contributed by atoms with Crippen LogP contribution in [0.25, 0.3) is 11.6 Å². The number of thioether (sulfide) groups is 1. The molecule has 0 aliphatic heterocycles. The summed E-state index contributed by atoms with van der Waals surface area (Å²) in [6, 6.07) is 13.4. The van der Waals surface area contributed by atoms with Crippen molar-refractivity contribution in [3.8, 4) is 11.6 Å². The zero-order valence-electron chi connectivity index (χ0n) is 15.4. The second-order valence-corrected chi connectivity index (χ2v) is 7.11. The van der Waals surface area contributed by atoms with Crippen LogP contribution in [0.15, 0.2) is 71.0 Å². The molecule has 0 aliphatic rings. The highest BCUT2D eigenvalue weighted by molar-refractivity contribution is 7.99. The van der Waals surface area contributed by atoms with Crippen LogP contribution >= 0.6 is 11.8 Å². The number of carbonyl (C=O) groups excluding carboxylic acids is 1. The van der Waals surface area contributed by atoms with Crippen LogP contribution in [0.2, 0.25) is 0 Å². The van der Waals surface area contributed by atoms with Gasteiger partial charge in [0.25, 0.3) is 0 Å².